The third-order valence-electron chi connectivity index (χ3n) is 3.83. The summed E-state index contributed by atoms with van der Waals surface area (Å²) in [4.78, 5) is 0.240. The van der Waals surface area contributed by atoms with Crippen LogP contribution in [0.1, 0.15) is 51.2 Å². The number of hydrogen-bond donors (Lipinski definition) is 2. The molecule has 0 aromatic heterocycles. The fourth-order valence-corrected chi connectivity index (χ4v) is 3.85. The predicted octanol–water partition coefficient (Wildman–Crippen LogP) is 2.60. The molecule has 2 rings (SSSR count). The van der Waals surface area contributed by atoms with Crippen molar-refractivity contribution in [1.82, 2.24) is 4.72 Å². The van der Waals surface area contributed by atoms with Gasteiger partial charge in [-0.15, -0.1) is 0 Å². The summed E-state index contributed by atoms with van der Waals surface area (Å²) in [7, 11) is -3.47. The van der Waals surface area contributed by atoms with Crippen molar-refractivity contribution >= 4 is 10.0 Å². The van der Waals surface area contributed by atoms with E-state index in [2.05, 4.69) is 11.6 Å². The maximum absolute atomic E-state index is 12.3. The highest BCUT2D eigenvalue weighted by molar-refractivity contribution is 7.89. The Balaban J connectivity index is 2.10. The highest BCUT2D eigenvalue weighted by Crippen LogP contribution is 2.35. The number of rotatable bonds is 7. The van der Waals surface area contributed by atoms with E-state index >= 15 is 0 Å². The Morgan fingerprint density at radius 3 is 2.80 bits per heavy atom. The molecular weight excluding hydrogens is 274 g/mol. The van der Waals surface area contributed by atoms with Crippen LogP contribution in [-0.2, 0) is 10.0 Å². The topological polar surface area (TPSA) is 66.4 Å². The normalized spacial score (nSPS) is 23.6. The molecule has 3 atom stereocenters. The summed E-state index contributed by atoms with van der Waals surface area (Å²) >= 11 is 0. The largest absolute Gasteiger partial charge is 0.388 e. The molecule has 20 heavy (non-hydrogen) atoms. The first-order valence-corrected chi connectivity index (χ1v) is 8.76. The average molecular weight is 297 g/mol. The molecule has 1 aliphatic carbocycles. The van der Waals surface area contributed by atoms with E-state index in [1.807, 2.05) is 6.92 Å². The lowest BCUT2D eigenvalue weighted by Crippen LogP contribution is -2.27. The minimum Gasteiger partial charge on any atom is -0.388 e. The van der Waals surface area contributed by atoms with Crippen molar-refractivity contribution in [3.63, 3.8) is 0 Å². The van der Waals surface area contributed by atoms with Crippen molar-refractivity contribution < 1.29 is 13.5 Å². The summed E-state index contributed by atoms with van der Waals surface area (Å²) in [6.45, 7) is 3.98. The Hall–Kier alpha value is -0.910. The maximum atomic E-state index is 12.3. The Bertz CT molecular complexity index is 556. The summed E-state index contributed by atoms with van der Waals surface area (Å²) < 4.78 is 27.4. The third-order valence-corrected chi connectivity index (χ3v) is 5.32. The van der Waals surface area contributed by atoms with Crippen LogP contribution in [0.15, 0.2) is 29.2 Å². The lowest BCUT2D eigenvalue weighted by atomic mass is 10.1. The van der Waals surface area contributed by atoms with Gasteiger partial charge in [-0.1, -0.05) is 32.4 Å². The van der Waals surface area contributed by atoms with Crippen molar-refractivity contribution in [2.75, 3.05) is 0 Å². The molecule has 2 N–H and O–H groups in total. The maximum Gasteiger partial charge on any atom is 0.240 e. The summed E-state index contributed by atoms with van der Waals surface area (Å²) in [5.41, 5.74) is 0.649. The Kier molecular flexibility index (Phi) is 4.83. The van der Waals surface area contributed by atoms with Gasteiger partial charge in [0.05, 0.1) is 11.0 Å². The minimum atomic E-state index is -3.47. The lowest BCUT2D eigenvalue weighted by Gasteiger charge is -2.11. The average Bonchev–Trinajstić information content (AvgIpc) is 3.15. The van der Waals surface area contributed by atoms with Crippen LogP contribution in [0.25, 0.3) is 0 Å². The van der Waals surface area contributed by atoms with Gasteiger partial charge in [0.1, 0.15) is 0 Å². The van der Waals surface area contributed by atoms with Gasteiger partial charge in [-0.2, -0.15) is 0 Å². The molecule has 1 aliphatic rings. The zero-order valence-corrected chi connectivity index (χ0v) is 12.9. The molecule has 1 aromatic rings. The monoisotopic (exact) mass is 297 g/mol. The van der Waals surface area contributed by atoms with E-state index in [1.54, 1.807) is 24.3 Å². The molecule has 1 fully saturated rings. The SMILES string of the molecule is CCCC1CC1NS(=O)(=O)c1cccc(C(O)CC)c1. The molecule has 0 amide bonds. The second kappa shape index (κ2) is 6.24. The van der Waals surface area contributed by atoms with E-state index in [4.69, 9.17) is 0 Å². The first-order valence-electron chi connectivity index (χ1n) is 7.28. The van der Waals surface area contributed by atoms with Crippen molar-refractivity contribution in [2.24, 2.45) is 5.92 Å². The summed E-state index contributed by atoms with van der Waals surface area (Å²) in [5, 5.41) is 9.81. The van der Waals surface area contributed by atoms with E-state index in [-0.39, 0.29) is 10.9 Å². The Morgan fingerprint density at radius 1 is 1.40 bits per heavy atom. The predicted molar refractivity (Wildman–Crippen MR) is 78.8 cm³/mol. The van der Waals surface area contributed by atoms with Crippen LogP contribution in [0.3, 0.4) is 0 Å². The van der Waals surface area contributed by atoms with Crippen LogP contribution in [0.5, 0.6) is 0 Å². The van der Waals surface area contributed by atoms with E-state index in [9.17, 15) is 13.5 Å². The highest BCUT2D eigenvalue weighted by atomic mass is 32.2. The van der Waals surface area contributed by atoms with E-state index < -0.39 is 16.1 Å². The number of benzene rings is 1. The van der Waals surface area contributed by atoms with Gasteiger partial charge >= 0.3 is 0 Å². The molecule has 1 saturated carbocycles. The summed E-state index contributed by atoms with van der Waals surface area (Å²) in [6, 6.07) is 6.66. The first-order chi connectivity index (χ1) is 9.47. The van der Waals surface area contributed by atoms with E-state index in [0.29, 0.717) is 17.9 Å². The van der Waals surface area contributed by atoms with Crippen LogP contribution in [0.4, 0.5) is 0 Å². The first kappa shape index (κ1) is 15.5. The number of aliphatic hydroxyl groups excluding tert-OH is 1. The zero-order valence-electron chi connectivity index (χ0n) is 12.0. The molecule has 4 nitrogen and oxygen atoms in total. The number of sulfonamides is 1. The Morgan fingerprint density at radius 2 is 2.15 bits per heavy atom. The van der Waals surface area contributed by atoms with Crippen molar-refractivity contribution in [2.45, 2.75) is 56.6 Å². The van der Waals surface area contributed by atoms with E-state index in [0.717, 1.165) is 19.3 Å². The fraction of sp³-hybridized carbons (Fsp3) is 0.600. The lowest BCUT2D eigenvalue weighted by molar-refractivity contribution is 0.173. The fourth-order valence-electron chi connectivity index (χ4n) is 2.47. The van der Waals surface area contributed by atoms with Gasteiger partial charge in [-0.05, 0) is 42.9 Å². The molecule has 3 unspecified atom stereocenters. The molecule has 0 aliphatic heterocycles. The standard InChI is InChI=1S/C15H23NO3S/c1-3-6-11-10-14(11)16-20(18,19)13-8-5-7-12(9-13)15(17)4-2/h5,7-9,11,14-17H,3-4,6,10H2,1-2H3. The van der Waals surface area contributed by atoms with E-state index in [1.165, 1.54) is 0 Å². The van der Waals surface area contributed by atoms with Crippen molar-refractivity contribution in [3.8, 4) is 0 Å². The zero-order chi connectivity index (χ0) is 14.8. The van der Waals surface area contributed by atoms with Crippen LogP contribution in [0, 0.1) is 5.92 Å². The van der Waals surface area contributed by atoms with Crippen molar-refractivity contribution in [1.29, 1.82) is 0 Å². The second-order valence-corrected chi connectivity index (χ2v) is 7.22. The van der Waals surface area contributed by atoms with Gasteiger partial charge in [0.25, 0.3) is 0 Å². The van der Waals surface area contributed by atoms with Crippen LogP contribution in [-0.4, -0.2) is 19.6 Å². The van der Waals surface area contributed by atoms with Crippen LogP contribution < -0.4 is 4.72 Å². The molecular formula is C15H23NO3S. The highest BCUT2D eigenvalue weighted by Gasteiger charge is 2.39. The van der Waals surface area contributed by atoms with Gasteiger partial charge < -0.3 is 5.11 Å². The number of aliphatic hydroxyl groups is 1. The number of hydrogen-bond acceptors (Lipinski definition) is 3. The molecule has 0 saturated heterocycles. The molecule has 5 heteroatoms. The molecule has 0 spiro atoms. The summed E-state index contributed by atoms with van der Waals surface area (Å²) in [5.74, 6) is 0.485. The van der Waals surface area contributed by atoms with Gasteiger partial charge in [0, 0.05) is 6.04 Å². The third kappa shape index (κ3) is 3.59. The molecule has 112 valence electrons. The quantitative estimate of drug-likeness (QED) is 0.813. The van der Waals surface area contributed by atoms with Gasteiger partial charge in [0.15, 0.2) is 0 Å². The van der Waals surface area contributed by atoms with Crippen LogP contribution >= 0.6 is 0 Å². The van der Waals surface area contributed by atoms with Gasteiger partial charge in [-0.3, -0.25) is 0 Å². The molecule has 0 heterocycles. The summed E-state index contributed by atoms with van der Waals surface area (Å²) in [6.07, 6.45) is 3.05. The second-order valence-electron chi connectivity index (χ2n) is 5.51. The van der Waals surface area contributed by atoms with Gasteiger partial charge in [0.2, 0.25) is 10.0 Å². The molecule has 1 aromatic carbocycles. The minimum absolute atomic E-state index is 0.0831. The van der Waals surface area contributed by atoms with Crippen molar-refractivity contribution in [3.05, 3.63) is 29.8 Å². The molecule has 0 radical (unpaired) electrons. The molecule has 0 bridgehead atoms. The van der Waals surface area contributed by atoms with Crippen LogP contribution in [0.2, 0.25) is 0 Å². The smallest absolute Gasteiger partial charge is 0.240 e. The number of nitrogens with one attached hydrogen (secondary N) is 1. The van der Waals surface area contributed by atoms with Gasteiger partial charge in [-0.25, -0.2) is 13.1 Å². The Labute approximate surface area is 121 Å².